The third-order valence-corrected chi connectivity index (χ3v) is 3.28. The summed E-state index contributed by atoms with van der Waals surface area (Å²) in [4.78, 5) is 13.4. The smallest absolute Gasteiger partial charge is 0.227 e. The highest BCUT2D eigenvalue weighted by Gasteiger charge is 2.32. The highest BCUT2D eigenvalue weighted by atomic mass is 35.5. The van der Waals surface area contributed by atoms with E-state index in [1.54, 1.807) is 18.2 Å². The van der Waals surface area contributed by atoms with Gasteiger partial charge in [-0.2, -0.15) is 0 Å². The van der Waals surface area contributed by atoms with Gasteiger partial charge in [-0.25, -0.2) is 0 Å². The van der Waals surface area contributed by atoms with Crippen LogP contribution in [0.4, 0.5) is 0 Å². The van der Waals surface area contributed by atoms with Crippen LogP contribution in [0.1, 0.15) is 5.56 Å². The first-order valence-electron chi connectivity index (χ1n) is 5.45. The Morgan fingerprint density at radius 3 is 2.47 bits per heavy atom. The summed E-state index contributed by atoms with van der Waals surface area (Å²) in [6.45, 7) is 0.370. The Bertz CT molecular complexity index is 414. The molecule has 1 aromatic carbocycles. The Hall–Kier alpha value is -1.10. The van der Waals surface area contributed by atoms with Gasteiger partial charge in [-0.3, -0.25) is 4.79 Å². The van der Waals surface area contributed by atoms with Crippen molar-refractivity contribution in [3.8, 4) is 0 Å². The zero-order valence-corrected chi connectivity index (χ0v) is 9.97. The molecule has 2 unspecified atom stereocenters. The van der Waals surface area contributed by atoms with Crippen molar-refractivity contribution in [3.63, 3.8) is 0 Å². The van der Waals surface area contributed by atoms with Gasteiger partial charge in [-0.05, 0) is 11.6 Å². The minimum Gasteiger partial charge on any atom is -0.388 e. The number of likely N-dealkylation sites (tertiary alicyclic amines) is 1. The van der Waals surface area contributed by atoms with Crippen molar-refractivity contribution in [3.05, 3.63) is 34.9 Å². The first-order valence-corrected chi connectivity index (χ1v) is 5.83. The van der Waals surface area contributed by atoms with Gasteiger partial charge >= 0.3 is 0 Å². The fraction of sp³-hybridized carbons (Fsp3) is 0.417. The SMILES string of the molecule is O=C(Cc1ccccc1Cl)N1CC(O)C(O)C1. The van der Waals surface area contributed by atoms with E-state index in [-0.39, 0.29) is 25.4 Å². The summed E-state index contributed by atoms with van der Waals surface area (Å²) in [6, 6.07) is 7.16. The Morgan fingerprint density at radius 2 is 1.88 bits per heavy atom. The Morgan fingerprint density at radius 1 is 1.29 bits per heavy atom. The van der Waals surface area contributed by atoms with E-state index in [9.17, 15) is 15.0 Å². The van der Waals surface area contributed by atoms with E-state index in [2.05, 4.69) is 0 Å². The predicted molar refractivity (Wildman–Crippen MR) is 63.7 cm³/mol. The molecule has 1 aromatic rings. The maximum Gasteiger partial charge on any atom is 0.227 e. The molecular weight excluding hydrogens is 242 g/mol. The predicted octanol–water partition coefficient (Wildman–Crippen LogP) is 0.446. The molecule has 0 bridgehead atoms. The summed E-state index contributed by atoms with van der Waals surface area (Å²) in [6.07, 6.45) is -1.49. The Labute approximate surface area is 104 Å². The summed E-state index contributed by atoms with van der Waals surface area (Å²) in [5.74, 6) is -0.131. The lowest BCUT2D eigenvalue weighted by Crippen LogP contribution is -2.31. The number of hydrogen-bond donors (Lipinski definition) is 2. The van der Waals surface area contributed by atoms with Crippen molar-refractivity contribution in [2.24, 2.45) is 0 Å². The molecule has 0 spiro atoms. The molecule has 92 valence electrons. The van der Waals surface area contributed by atoms with Gasteiger partial charge in [-0.15, -0.1) is 0 Å². The van der Waals surface area contributed by atoms with Crippen LogP contribution in [0.2, 0.25) is 5.02 Å². The second-order valence-electron chi connectivity index (χ2n) is 4.20. The van der Waals surface area contributed by atoms with Gasteiger partial charge in [0.25, 0.3) is 0 Å². The van der Waals surface area contributed by atoms with E-state index in [4.69, 9.17) is 11.6 Å². The molecule has 5 heteroatoms. The molecule has 1 amide bonds. The topological polar surface area (TPSA) is 60.8 Å². The number of hydrogen-bond acceptors (Lipinski definition) is 3. The number of rotatable bonds is 2. The number of halogens is 1. The van der Waals surface area contributed by atoms with Crippen LogP contribution in [0.15, 0.2) is 24.3 Å². The molecule has 0 aromatic heterocycles. The number of amides is 1. The summed E-state index contributed by atoms with van der Waals surface area (Å²) in [5, 5.41) is 19.3. The first kappa shape index (κ1) is 12.4. The summed E-state index contributed by atoms with van der Waals surface area (Å²) < 4.78 is 0. The zero-order valence-electron chi connectivity index (χ0n) is 9.21. The minimum absolute atomic E-state index is 0.131. The molecule has 0 aliphatic carbocycles. The van der Waals surface area contributed by atoms with Gasteiger partial charge in [-0.1, -0.05) is 29.8 Å². The van der Waals surface area contributed by atoms with Crippen LogP contribution < -0.4 is 0 Å². The third-order valence-electron chi connectivity index (χ3n) is 2.91. The molecule has 1 aliphatic heterocycles. The van der Waals surface area contributed by atoms with Crippen LogP contribution in [-0.4, -0.2) is 46.3 Å². The first-order chi connectivity index (χ1) is 8.08. The van der Waals surface area contributed by atoms with Crippen molar-refractivity contribution in [2.45, 2.75) is 18.6 Å². The lowest BCUT2D eigenvalue weighted by Gasteiger charge is -2.15. The quantitative estimate of drug-likeness (QED) is 0.807. The molecule has 0 radical (unpaired) electrons. The fourth-order valence-corrected chi connectivity index (χ4v) is 2.09. The highest BCUT2D eigenvalue weighted by Crippen LogP contribution is 2.18. The van der Waals surface area contributed by atoms with Crippen molar-refractivity contribution in [1.82, 2.24) is 4.90 Å². The van der Waals surface area contributed by atoms with Gasteiger partial charge < -0.3 is 15.1 Å². The maximum absolute atomic E-state index is 11.9. The second kappa shape index (κ2) is 5.04. The van der Waals surface area contributed by atoms with E-state index in [0.717, 1.165) is 5.56 Å². The zero-order chi connectivity index (χ0) is 12.4. The molecule has 17 heavy (non-hydrogen) atoms. The van der Waals surface area contributed by atoms with Crippen LogP contribution >= 0.6 is 11.6 Å². The van der Waals surface area contributed by atoms with Crippen LogP contribution in [0.5, 0.6) is 0 Å². The Kier molecular flexibility index (Phi) is 3.66. The molecule has 1 aliphatic rings. The average molecular weight is 256 g/mol. The van der Waals surface area contributed by atoms with Crippen LogP contribution in [0, 0.1) is 0 Å². The van der Waals surface area contributed by atoms with E-state index in [1.165, 1.54) is 4.90 Å². The number of carbonyl (C=O) groups is 1. The largest absolute Gasteiger partial charge is 0.388 e. The Balaban J connectivity index is 2.01. The molecule has 1 fully saturated rings. The fourth-order valence-electron chi connectivity index (χ4n) is 1.89. The van der Waals surface area contributed by atoms with Crippen molar-refractivity contribution in [1.29, 1.82) is 0 Å². The van der Waals surface area contributed by atoms with Crippen molar-refractivity contribution in [2.75, 3.05) is 13.1 Å². The second-order valence-corrected chi connectivity index (χ2v) is 4.61. The molecule has 1 heterocycles. The van der Waals surface area contributed by atoms with Crippen LogP contribution in [-0.2, 0) is 11.2 Å². The summed E-state index contributed by atoms with van der Waals surface area (Å²) in [5.41, 5.74) is 0.759. The summed E-state index contributed by atoms with van der Waals surface area (Å²) in [7, 11) is 0. The van der Waals surface area contributed by atoms with Crippen molar-refractivity contribution >= 4 is 17.5 Å². The van der Waals surface area contributed by atoms with Gasteiger partial charge in [0.1, 0.15) is 0 Å². The molecule has 0 saturated carbocycles. The highest BCUT2D eigenvalue weighted by molar-refractivity contribution is 6.31. The van der Waals surface area contributed by atoms with Gasteiger partial charge in [0.15, 0.2) is 0 Å². The van der Waals surface area contributed by atoms with Gasteiger partial charge in [0, 0.05) is 18.1 Å². The summed E-state index contributed by atoms with van der Waals surface area (Å²) >= 11 is 5.96. The van der Waals surface area contributed by atoms with Gasteiger partial charge in [0.05, 0.1) is 18.6 Å². The van der Waals surface area contributed by atoms with Crippen molar-refractivity contribution < 1.29 is 15.0 Å². The number of carbonyl (C=O) groups excluding carboxylic acids is 1. The third kappa shape index (κ3) is 2.77. The lowest BCUT2D eigenvalue weighted by atomic mass is 10.1. The molecule has 2 rings (SSSR count). The lowest BCUT2D eigenvalue weighted by molar-refractivity contribution is -0.129. The van der Waals surface area contributed by atoms with Gasteiger partial charge in [0.2, 0.25) is 5.91 Å². The van der Waals surface area contributed by atoms with Crippen LogP contribution in [0.3, 0.4) is 0 Å². The number of nitrogens with zero attached hydrogens (tertiary/aromatic N) is 1. The molecule has 2 N–H and O–H groups in total. The molecular formula is C12H14ClNO3. The number of β-amino-alcohol motifs (C(OH)–C–C–N with tert-alkyl or cyclic N) is 2. The van der Waals surface area contributed by atoms with E-state index in [1.807, 2.05) is 6.07 Å². The monoisotopic (exact) mass is 255 g/mol. The maximum atomic E-state index is 11.9. The van der Waals surface area contributed by atoms with E-state index < -0.39 is 12.2 Å². The molecule has 2 atom stereocenters. The number of aliphatic hydroxyl groups is 2. The normalized spacial score (nSPS) is 24.1. The number of benzene rings is 1. The standard InChI is InChI=1S/C12H14ClNO3/c13-9-4-2-1-3-8(9)5-12(17)14-6-10(15)11(16)7-14/h1-4,10-11,15-16H,5-7H2. The van der Waals surface area contributed by atoms with E-state index >= 15 is 0 Å². The molecule has 1 saturated heterocycles. The van der Waals surface area contributed by atoms with Crippen LogP contribution in [0.25, 0.3) is 0 Å². The molecule has 4 nitrogen and oxygen atoms in total. The number of aliphatic hydroxyl groups excluding tert-OH is 2. The minimum atomic E-state index is -0.842. The van der Waals surface area contributed by atoms with E-state index in [0.29, 0.717) is 5.02 Å². The average Bonchev–Trinajstić information content (AvgIpc) is 2.63.